The molecular weight excluding hydrogens is 513 g/mol. The van der Waals surface area contributed by atoms with Gasteiger partial charge in [0.05, 0.1) is 28.4 Å². The van der Waals surface area contributed by atoms with Crippen molar-refractivity contribution in [2.24, 2.45) is 0 Å². The number of nitrogens with zero attached hydrogens (tertiary/aromatic N) is 1. The van der Waals surface area contributed by atoms with E-state index in [-0.39, 0.29) is 22.0 Å². The maximum Gasteiger partial charge on any atom is 0.324 e. The third kappa shape index (κ3) is 6.73. The number of anilines is 2. The molecule has 8 nitrogen and oxygen atoms in total. The second kappa shape index (κ2) is 11.5. The molecule has 0 saturated carbocycles. The number of amides is 1. The minimum atomic E-state index is -4.05. The van der Waals surface area contributed by atoms with E-state index in [0.717, 1.165) is 4.31 Å². The van der Waals surface area contributed by atoms with Gasteiger partial charge in [-0.1, -0.05) is 59.6 Å². The highest BCUT2D eigenvalue weighted by Crippen LogP contribution is 2.25. The molecule has 0 bridgehead atoms. The zero-order valence-electron chi connectivity index (χ0n) is 18.9. The summed E-state index contributed by atoms with van der Waals surface area (Å²) in [6.07, 6.45) is 0.0269. The molecule has 0 unspecified atom stereocenters. The Morgan fingerprint density at radius 2 is 1.54 bits per heavy atom. The second-order valence-corrected chi connectivity index (χ2v) is 10.0. The largest absolute Gasteiger partial charge is 0.468 e. The van der Waals surface area contributed by atoms with Crippen molar-refractivity contribution in [3.63, 3.8) is 0 Å². The minimum Gasteiger partial charge on any atom is -0.468 e. The lowest BCUT2D eigenvalue weighted by Gasteiger charge is -2.23. The molecule has 0 aliphatic rings. The molecule has 0 radical (unpaired) electrons. The molecule has 1 amide bonds. The summed E-state index contributed by atoms with van der Waals surface area (Å²) in [5.74, 6) is -1.21. The maximum absolute atomic E-state index is 12.9. The Kier molecular flexibility index (Phi) is 8.74. The van der Waals surface area contributed by atoms with Crippen molar-refractivity contribution < 1.29 is 22.7 Å². The third-order valence-corrected chi connectivity index (χ3v) is 7.24. The van der Waals surface area contributed by atoms with Crippen LogP contribution < -0.4 is 14.3 Å². The van der Waals surface area contributed by atoms with E-state index in [0.29, 0.717) is 16.9 Å². The molecule has 0 aliphatic heterocycles. The number of esters is 1. The molecule has 0 heterocycles. The summed E-state index contributed by atoms with van der Waals surface area (Å²) in [7, 11) is -1.48. The summed E-state index contributed by atoms with van der Waals surface area (Å²) in [6, 6.07) is 18.6. The predicted molar refractivity (Wildman–Crippen MR) is 137 cm³/mol. The number of rotatable bonds is 9. The van der Waals surface area contributed by atoms with Crippen molar-refractivity contribution in [2.45, 2.75) is 12.5 Å². The standard InChI is InChI=1S/C24H23Cl2N3O5S/c1-29(18-7-4-3-5-8-18)35(32,33)28-21(24(31)34-2)15-16-11-13-17(14-12-16)27-23(30)22-19(25)9-6-10-20(22)26/h3-14,21,28H,15H2,1-2H3,(H,27,30)/t21-/m0/s1. The molecule has 2 N–H and O–H groups in total. The van der Waals surface area contributed by atoms with Gasteiger partial charge in [-0.15, -0.1) is 0 Å². The van der Waals surface area contributed by atoms with Crippen molar-refractivity contribution in [1.82, 2.24) is 4.72 Å². The number of hydrogen-bond donors (Lipinski definition) is 2. The van der Waals surface area contributed by atoms with Crippen LogP contribution in [0.4, 0.5) is 11.4 Å². The summed E-state index contributed by atoms with van der Waals surface area (Å²) < 4.78 is 33.9. The number of nitrogens with one attached hydrogen (secondary N) is 2. The molecule has 3 aromatic rings. The number of hydrogen-bond acceptors (Lipinski definition) is 5. The van der Waals surface area contributed by atoms with Gasteiger partial charge in [0.15, 0.2) is 0 Å². The van der Waals surface area contributed by atoms with Crippen LogP contribution in [0.15, 0.2) is 72.8 Å². The second-order valence-electron chi connectivity index (χ2n) is 7.45. The fourth-order valence-electron chi connectivity index (χ4n) is 3.22. The van der Waals surface area contributed by atoms with Crippen LogP contribution in [-0.4, -0.2) is 40.5 Å². The van der Waals surface area contributed by atoms with Gasteiger partial charge in [0, 0.05) is 12.7 Å². The molecule has 3 rings (SSSR count). The Morgan fingerprint density at radius 1 is 0.943 bits per heavy atom. The average Bonchev–Trinajstić information content (AvgIpc) is 2.84. The van der Waals surface area contributed by atoms with Crippen LogP contribution in [0.2, 0.25) is 10.0 Å². The molecule has 35 heavy (non-hydrogen) atoms. The number of para-hydroxylation sites is 1. The van der Waals surface area contributed by atoms with Gasteiger partial charge in [0.1, 0.15) is 6.04 Å². The number of benzene rings is 3. The lowest BCUT2D eigenvalue weighted by molar-refractivity contribution is -0.142. The van der Waals surface area contributed by atoms with Crippen LogP contribution in [0.3, 0.4) is 0 Å². The van der Waals surface area contributed by atoms with Crippen molar-refractivity contribution in [1.29, 1.82) is 0 Å². The van der Waals surface area contributed by atoms with Gasteiger partial charge in [-0.25, -0.2) is 0 Å². The smallest absolute Gasteiger partial charge is 0.324 e. The number of methoxy groups -OCH3 is 1. The summed E-state index contributed by atoms with van der Waals surface area (Å²) in [5.41, 5.74) is 1.69. The van der Waals surface area contributed by atoms with E-state index in [1.807, 2.05) is 0 Å². The molecule has 0 aliphatic carbocycles. The van der Waals surface area contributed by atoms with Gasteiger partial charge in [0.2, 0.25) is 0 Å². The summed E-state index contributed by atoms with van der Waals surface area (Å²) in [6.45, 7) is 0. The van der Waals surface area contributed by atoms with E-state index in [9.17, 15) is 18.0 Å². The van der Waals surface area contributed by atoms with Crippen LogP contribution in [0, 0.1) is 0 Å². The average molecular weight is 536 g/mol. The zero-order chi connectivity index (χ0) is 25.6. The number of carbonyl (C=O) groups is 2. The topological polar surface area (TPSA) is 105 Å². The Morgan fingerprint density at radius 3 is 2.11 bits per heavy atom. The zero-order valence-corrected chi connectivity index (χ0v) is 21.2. The fraction of sp³-hybridized carbons (Fsp3) is 0.167. The molecule has 184 valence electrons. The van der Waals surface area contributed by atoms with E-state index in [1.54, 1.807) is 72.8 Å². The van der Waals surface area contributed by atoms with E-state index >= 15 is 0 Å². The predicted octanol–water partition coefficient (Wildman–Crippen LogP) is 4.30. The quantitative estimate of drug-likeness (QED) is 0.397. The van der Waals surface area contributed by atoms with Crippen molar-refractivity contribution in [3.05, 3.63) is 94.0 Å². The van der Waals surface area contributed by atoms with Gasteiger partial charge in [-0.05, 0) is 48.4 Å². The van der Waals surface area contributed by atoms with Gasteiger partial charge in [-0.2, -0.15) is 13.1 Å². The normalized spacial score (nSPS) is 12.0. The maximum atomic E-state index is 12.9. The van der Waals surface area contributed by atoms with Crippen LogP contribution in [0.1, 0.15) is 15.9 Å². The molecule has 11 heteroatoms. The van der Waals surface area contributed by atoms with Crippen molar-refractivity contribution >= 4 is 56.7 Å². The monoisotopic (exact) mass is 535 g/mol. The van der Waals surface area contributed by atoms with E-state index in [1.165, 1.54) is 14.2 Å². The molecule has 0 fully saturated rings. The molecule has 0 spiro atoms. The Bertz CT molecular complexity index is 1280. The molecule has 3 aromatic carbocycles. The van der Waals surface area contributed by atoms with Gasteiger partial charge < -0.3 is 10.1 Å². The van der Waals surface area contributed by atoms with Crippen molar-refractivity contribution in [3.8, 4) is 0 Å². The summed E-state index contributed by atoms with van der Waals surface area (Å²) >= 11 is 12.2. The first-order valence-corrected chi connectivity index (χ1v) is 12.6. The SMILES string of the molecule is COC(=O)[C@H](Cc1ccc(NC(=O)c2c(Cl)cccc2Cl)cc1)NS(=O)(=O)N(C)c1ccccc1. The number of ether oxygens (including phenoxy) is 1. The third-order valence-electron chi connectivity index (χ3n) is 5.10. The first-order valence-electron chi connectivity index (χ1n) is 10.4. The fourth-order valence-corrected chi connectivity index (χ4v) is 4.88. The Labute approximate surface area is 214 Å². The minimum absolute atomic E-state index is 0.0269. The van der Waals surface area contributed by atoms with Gasteiger partial charge in [0.25, 0.3) is 5.91 Å². The summed E-state index contributed by atoms with van der Waals surface area (Å²) in [5, 5.41) is 3.15. The van der Waals surface area contributed by atoms with Gasteiger partial charge >= 0.3 is 16.2 Å². The first kappa shape index (κ1) is 26.5. The van der Waals surface area contributed by atoms with Crippen LogP contribution in [0.25, 0.3) is 0 Å². The molecular formula is C24H23Cl2N3O5S. The first-order chi connectivity index (χ1) is 16.6. The summed E-state index contributed by atoms with van der Waals surface area (Å²) in [4.78, 5) is 24.9. The van der Waals surface area contributed by atoms with E-state index in [2.05, 4.69) is 10.0 Å². The van der Waals surface area contributed by atoms with Crippen LogP contribution in [0.5, 0.6) is 0 Å². The Balaban J connectivity index is 1.72. The van der Waals surface area contributed by atoms with Gasteiger partial charge in [-0.3, -0.25) is 13.9 Å². The molecule has 0 saturated heterocycles. The highest BCUT2D eigenvalue weighted by Gasteiger charge is 2.28. The van der Waals surface area contributed by atoms with Crippen molar-refractivity contribution in [2.75, 3.05) is 23.8 Å². The number of carbonyl (C=O) groups excluding carboxylic acids is 2. The lowest BCUT2D eigenvalue weighted by atomic mass is 10.1. The Hall–Kier alpha value is -3.11. The van der Waals surface area contributed by atoms with Crippen LogP contribution in [-0.2, 0) is 26.2 Å². The van der Waals surface area contributed by atoms with E-state index < -0.39 is 28.1 Å². The molecule has 1 atom stereocenters. The molecule has 0 aromatic heterocycles. The lowest BCUT2D eigenvalue weighted by Crippen LogP contribution is -2.48. The highest BCUT2D eigenvalue weighted by molar-refractivity contribution is 7.90. The van der Waals surface area contributed by atoms with Crippen LogP contribution >= 0.6 is 23.2 Å². The van der Waals surface area contributed by atoms with E-state index in [4.69, 9.17) is 27.9 Å². The highest BCUT2D eigenvalue weighted by atomic mass is 35.5. The number of halogens is 2.